The number of hydrogen-bond donors (Lipinski definition) is 1. The van der Waals surface area contributed by atoms with Crippen LogP contribution in [0.15, 0.2) is 54.6 Å². The normalized spacial score (nSPS) is 10.4. The van der Waals surface area contributed by atoms with Gasteiger partial charge in [0.05, 0.1) is 5.02 Å². The van der Waals surface area contributed by atoms with Gasteiger partial charge < -0.3 is 0 Å². The molecule has 0 radical (unpaired) electrons. The standard InChI is InChI=1S/C16H11ClN2O/c17-13-9-5-4-8-12(13)16-15(14(10-20)18-19-16)11-6-2-1-3-7-11/h1-10H,(H,18,19). The van der Waals surface area contributed by atoms with Crippen molar-refractivity contribution in [2.45, 2.75) is 0 Å². The summed E-state index contributed by atoms with van der Waals surface area (Å²) in [4.78, 5) is 11.2. The minimum absolute atomic E-state index is 0.450. The van der Waals surface area contributed by atoms with E-state index in [4.69, 9.17) is 11.6 Å². The van der Waals surface area contributed by atoms with E-state index in [1.165, 1.54) is 0 Å². The molecule has 1 heterocycles. The summed E-state index contributed by atoms with van der Waals surface area (Å²) in [7, 11) is 0. The lowest BCUT2D eigenvalue weighted by Gasteiger charge is -2.05. The fourth-order valence-electron chi connectivity index (χ4n) is 2.19. The molecule has 3 aromatic rings. The molecule has 0 bridgehead atoms. The first-order valence-corrected chi connectivity index (χ1v) is 6.53. The Morgan fingerprint density at radius 1 is 1.00 bits per heavy atom. The van der Waals surface area contributed by atoms with Crippen molar-refractivity contribution < 1.29 is 4.79 Å². The molecule has 0 unspecified atom stereocenters. The molecule has 3 rings (SSSR count). The second-order valence-corrected chi connectivity index (χ2v) is 4.73. The van der Waals surface area contributed by atoms with Gasteiger partial charge >= 0.3 is 0 Å². The van der Waals surface area contributed by atoms with Crippen molar-refractivity contribution >= 4 is 17.9 Å². The first-order valence-electron chi connectivity index (χ1n) is 6.15. The predicted molar refractivity (Wildman–Crippen MR) is 79.9 cm³/mol. The Morgan fingerprint density at radius 2 is 1.70 bits per heavy atom. The van der Waals surface area contributed by atoms with Gasteiger partial charge in [0.2, 0.25) is 0 Å². The lowest BCUT2D eigenvalue weighted by Crippen LogP contribution is -1.87. The topological polar surface area (TPSA) is 45.8 Å². The van der Waals surface area contributed by atoms with E-state index in [1.807, 2.05) is 48.5 Å². The number of carbonyl (C=O) groups is 1. The van der Waals surface area contributed by atoms with Crippen LogP contribution in [0.3, 0.4) is 0 Å². The number of benzene rings is 2. The van der Waals surface area contributed by atoms with Crippen LogP contribution < -0.4 is 0 Å². The zero-order chi connectivity index (χ0) is 13.9. The van der Waals surface area contributed by atoms with Crippen LogP contribution in [0.25, 0.3) is 22.4 Å². The first kappa shape index (κ1) is 12.6. The summed E-state index contributed by atoms with van der Waals surface area (Å²) in [6.45, 7) is 0. The molecule has 0 saturated carbocycles. The second-order valence-electron chi connectivity index (χ2n) is 4.32. The molecule has 1 N–H and O–H groups in total. The highest BCUT2D eigenvalue weighted by molar-refractivity contribution is 6.33. The molecule has 0 aliphatic rings. The molecule has 20 heavy (non-hydrogen) atoms. The van der Waals surface area contributed by atoms with Crippen LogP contribution in [0.5, 0.6) is 0 Å². The van der Waals surface area contributed by atoms with Crippen molar-refractivity contribution in [1.82, 2.24) is 10.2 Å². The van der Waals surface area contributed by atoms with Gasteiger partial charge in [-0.1, -0.05) is 60.1 Å². The van der Waals surface area contributed by atoms with Gasteiger partial charge in [-0.2, -0.15) is 5.10 Å². The maximum absolute atomic E-state index is 11.2. The van der Waals surface area contributed by atoms with Crippen LogP contribution >= 0.6 is 11.6 Å². The Bertz CT molecular complexity index is 750. The predicted octanol–water partition coefficient (Wildman–Crippen LogP) is 4.21. The Morgan fingerprint density at radius 3 is 2.40 bits per heavy atom. The van der Waals surface area contributed by atoms with Gasteiger partial charge in [-0.05, 0) is 11.6 Å². The number of halogens is 1. The minimum atomic E-state index is 0.450. The van der Waals surface area contributed by atoms with Crippen LogP contribution in [0.2, 0.25) is 5.02 Å². The summed E-state index contributed by atoms with van der Waals surface area (Å²) >= 11 is 6.23. The fourth-order valence-corrected chi connectivity index (χ4v) is 2.41. The Labute approximate surface area is 121 Å². The quantitative estimate of drug-likeness (QED) is 0.732. The van der Waals surface area contributed by atoms with Gasteiger partial charge in [-0.15, -0.1) is 0 Å². The number of nitrogens with zero attached hydrogens (tertiary/aromatic N) is 1. The van der Waals surface area contributed by atoms with E-state index >= 15 is 0 Å². The number of H-pyrrole nitrogens is 1. The average Bonchev–Trinajstić information content (AvgIpc) is 2.92. The number of rotatable bonds is 3. The average molecular weight is 283 g/mol. The maximum Gasteiger partial charge on any atom is 0.168 e. The third-order valence-corrected chi connectivity index (χ3v) is 3.43. The van der Waals surface area contributed by atoms with E-state index in [9.17, 15) is 4.79 Å². The molecule has 3 nitrogen and oxygen atoms in total. The number of aromatic amines is 1. The zero-order valence-electron chi connectivity index (χ0n) is 10.5. The SMILES string of the molecule is O=Cc1[nH]nc(-c2ccccc2Cl)c1-c1ccccc1. The Balaban J connectivity index is 2.26. The molecule has 0 spiro atoms. The molecule has 0 fully saturated rings. The molecule has 0 saturated heterocycles. The van der Waals surface area contributed by atoms with Crippen LogP contribution in [0.1, 0.15) is 10.5 Å². The zero-order valence-corrected chi connectivity index (χ0v) is 11.3. The molecule has 98 valence electrons. The summed E-state index contributed by atoms with van der Waals surface area (Å²) in [6.07, 6.45) is 0.773. The van der Waals surface area contributed by atoms with Gasteiger partial charge in [0.1, 0.15) is 11.4 Å². The van der Waals surface area contributed by atoms with E-state index in [0.29, 0.717) is 16.4 Å². The van der Waals surface area contributed by atoms with Crippen molar-refractivity contribution in [3.05, 3.63) is 65.3 Å². The molecule has 4 heteroatoms. The fraction of sp³-hybridized carbons (Fsp3) is 0. The summed E-state index contributed by atoms with van der Waals surface area (Å²) in [5, 5.41) is 7.63. The van der Waals surface area contributed by atoms with Crippen molar-refractivity contribution in [2.75, 3.05) is 0 Å². The summed E-state index contributed by atoms with van der Waals surface area (Å²) in [5.74, 6) is 0. The number of carbonyl (C=O) groups excluding carboxylic acids is 1. The van der Waals surface area contributed by atoms with Crippen LogP contribution in [-0.4, -0.2) is 16.5 Å². The minimum Gasteiger partial charge on any atom is -0.296 e. The number of hydrogen-bond acceptors (Lipinski definition) is 2. The third kappa shape index (κ3) is 2.12. The third-order valence-electron chi connectivity index (χ3n) is 3.10. The van der Waals surface area contributed by atoms with Gasteiger partial charge in [0.25, 0.3) is 0 Å². The monoisotopic (exact) mass is 282 g/mol. The Kier molecular flexibility index (Phi) is 3.35. The highest BCUT2D eigenvalue weighted by atomic mass is 35.5. The van der Waals surface area contributed by atoms with Gasteiger partial charge in [-0.25, -0.2) is 0 Å². The number of aldehydes is 1. The van der Waals surface area contributed by atoms with Crippen LogP contribution in [0.4, 0.5) is 0 Å². The Hall–Kier alpha value is -2.39. The highest BCUT2D eigenvalue weighted by Gasteiger charge is 2.17. The number of nitrogens with one attached hydrogen (secondary N) is 1. The van der Waals surface area contributed by atoms with E-state index in [2.05, 4.69) is 10.2 Å². The maximum atomic E-state index is 11.2. The van der Waals surface area contributed by atoms with Crippen molar-refractivity contribution in [3.63, 3.8) is 0 Å². The van der Waals surface area contributed by atoms with E-state index < -0.39 is 0 Å². The van der Waals surface area contributed by atoms with Crippen molar-refractivity contribution in [3.8, 4) is 22.4 Å². The molecular weight excluding hydrogens is 272 g/mol. The molecule has 0 amide bonds. The van der Waals surface area contributed by atoms with Gasteiger partial charge in [0, 0.05) is 11.1 Å². The van der Waals surface area contributed by atoms with E-state index in [1.54, 1.807) is 6.07 Å². The van der Waals surface area contributed by atoms with Gasteiger partial charge in [0.15, 0.2) is 6.29 Å². The molecule has 0 atom stereocenters. The smallest absolute Gasteiger partial charge is 0.168 e. The van der Waals surface area contributed by atoms with Crippen LogP contribution in [-0.2, 0) is 0 Å². The number of aromatic nitrogens is 2. The lowest BCUT2D eigenvalue weighted by atomic mass is 9.99. The first-order chi connectivity index (χ1) is 9.81. The van der Waals surface area contributed by atoms with Gasteiger partial charge in [-0.3, -0.25) is 9.89 Å². The molecule has 0 aliphatic carbocycles. The van der Waals surface area contributed by atoms with E-state index in [-0.39, 0.29) is 0 Å². The molecule has 0 aliphatic heterocycles. The highest BCUT2D eigenvalue weighted by Crippen LogP contribution is 2.35. The summed E-state index contributed by atoms with van der Waals surface area (Å²) < 4.78 is 0. The molecule has 1 aromatic heterocycles. The van der Waals surface area contributed by atoms with Crippen molar-refractivity contribution in [2.24, 2.45) is 0 Å². The van der Waals surface area contributed by atoms with Crippen molar-refractivity contribution in [1.29, 1.82) is 0 Å². The summed E-state index contributed by atoms with van der Waals surface area (Å²) in [5.41, 5.74) is 3.64. The van der Waals surface area contributed by atoms with E-state index in [0.717, 1.165) is 23.0 Å². The largest absolute Gasteiger partial charge is 0.296 e. The van der Waals surface area contributed by atoms with Crippen LogP contribution in [0, 0.1) is 0 Å². The lowest BCUT2D eigenvalue weighted by molar-refractivity contribution is 0.111. The second kappa shape index (κ2) is 5.31. The summed E-state index contributed by atoms with van der Waals surface area (Å²) in [6, 6.07) is 17.1. The molecule has 2 aromatic carbocycles. The molecular formula is C16H11ClN2O.